The van der Waals surface area contributed by atoms with E-state index in [1.807, 2.05) is 0 Å². The predicted molar refractivity (Wildman–Crippen MR) is 69.7 cm³/mol. The van der Waals surface area contributed by atoms with Gasteiger partial charge in [-0.2, -0.15) is 0 Å². The molecule has 0 aromatic rings. The molecule has 0 amide bonds. The molecule has 2 heteroatoms. The van der Waals surface area contributed by atoms with Gasteiger partial charge in [0.1, 0.15) is 0 Å². The molecule has 2 nitrogen and oxygen atoms in total. The van der Waals surface area contributed by atoms with Crippen LogP contribution in [0.25, 0.3) is 0 Å². The largest absolute Gasteiger partial charge is 0.317 e. The molecule has 16 heavy (non-hydrogen) atoms. The van der Waals surface area contributed by atoms with Crippen LogP contribution in [0.3, 0.4) is 0 Å². The Kier molecular flexibility index (Phi) is 4.26. The van der Waals surface area contributed by atoms with Crippen LogP contribution < -0.4 is 5.32 Å². The summed E-state index contributed by atoms with van der Waals surface area (Å²) in [7, 11) is 0. The van der Waals surface area contributed by atoms with Crippen molar-refractivity contribution in [3.8, 4) is 0 Å². The second-order valence-corrected chi connectivity index (χ2v) is 6.53. The first-order chi connectivity index (χ1) is 7.66. The zero-order chi connectivity index (χ0) is 11.4. The molecule has 0 spiro atoms. The Morgan fingerprint density at radius 3 is 2.69 bits per heavy atom. The van der Waals surface area contributed by atoms with E-state index in [9.17, 15) is 0 Å². The summed E-state index contributed by atoms with van der Waals surface area (Å²) in [6.07, 6.45) is 7.04. The van der Waals surface area contributed by atoms with Gasteiger partial charge in [-0.25, -0.2) is 0 Å². The monoisotopic (exact) mass is 224 g/mol. The van der Waals surface area contributed by atoms with Crippen LogP contribution in [0.5, 0.6) is 0 Å². The highest BCUT2D eigenvalue weighted by Gasteiger charge is 2.26. The van der Waals surface area contributed by atoms with Gasteiger partial charge in [-0.3, -0.25) is 0 Å². The minimum Gasteiger partial charge on any atom is -0.317 e. The lowest BCUT2D eigenvalue weighted by atomic mass is 9.84. The van der Waals surface area contributed by atoms with Crippen LogP contribution in [0.2, 0.25) is 0 Å². The number of nitrogens with zero attached hydrogens (tertiary/aromatic N) is 1. The first kappa shape index (κ1) is 12.4. The van der Waals surface area contributed by atoms with Gasteiger partial charge in [0.05, 0.1) is 0 Å². The highest BCUT2D eigenvalue weighted by Crippen LogP contribution is 2.29. The number of nitrogens with one attached hydrogen (secondary N) is 1. The fourth-order valence-electron chi connectivity index (χ4n) is 3.27. The summed E-state index contributed by atoms with van der Waals surface area (Å²) in [5.41, 5.74) is 0.562. The molecule has 0 radical (unpaired) electrons. The molecule has 2 rings (SSSR count). The normalized spacial score (nSPS) is 28.1. The van der Waals surface area contributed by atoms with E-state index >= 15 is 0 Å². The average Bonchev–Trinajstić information content (AvgIpc) is 2.27. The smallest absolute Gasteiger partial charge is 0.00327 e. The Morgan fingerprint density at radius 2 is 2.00 bits per heavy atom. The zero-order valence-electron chi connectivity index (χ0n) is 11.1. The molecular weight excluding hydrogens is 196 g/mol. The summed E-state index contributed by atoms with van der Waals surface area (Å²) in [5, 5.41) is 3.45. The van der Waals surface area contributed by atoms with Gasteiger partial charge < -0.3 is 10.2 Å². The molecule has 2 saturated heterocycles. The lowest BCUT2D eigenvalue weighted by molar-refractivity contribution is 0.109. The van der Waals surface area contributed by atoms with Crippen molar-refractivity contribution in [2.75, 3.05) is 32.7 Å². The van der Waals surface area contributed by atoms with E-state index in [2.05, 4.69) is 24.1 Å². The maximum absolute atomic E-state index is 3.45. The molecule has 0 aliphatic carbocycles. The Bertz CT molecular complexity index is 207. The number of likely N-dealkylation sites (tertiary alicyclic amines) is 1. The van der Waals surface area contributed by atoms with Gasteiger partial charge in [0.2, 0.25) is 0 Å². The molecule has 94 valence electrons. The van der Waals surface area contributed by atoms with Crippen LogP contribution in [0.15, 0.2) is 0 Å². The van der Waals surface area contributed by atoms with Gasteiger partial charge in [-0.05, 0) is 69.6 Å². The van der Waals surface area contributed by atoms with E-state index in [4.69, 9.17) is 0 Å². The molecule has 0 unspecified atom stereocenters. The van der Waals surface area contributed by atoms with Gasteiger partial charge in [-0.15, -0.1) is 0 Å². The van der Waals surface area contributed by atoms with Crippen molar-refractivity contribution in [2.45, 2.75) is 46.0 Å². The van der Waals surface area contributed by atoms with E-state index in [0.29, 0.717) is 5.41 Å². The second kappa shape index (κ2) is 5.50. The number of hydrogen-bond donors (Lipinski definition) is 1. The van der Waals surface area contributed by atoms with Gasteiger partial charge in [-0.1, -0.05) is 13.8 Å². The Labute approximate surface area is 101 Å². The topological polar surface area (TPSA) is 15.3 Å². The van der Waals surface area contributed by atoms with Gasteiger partial charge in [0.15, 0.2) is 0 Å². The molecular formula is C14H28N2. The fraction of sp³-hybridized carbons (Fsp3) is 1.00. The fourth-order valence-corrected chi connectivity index (χ4v) is 3.27. The van der Waals surface area contributed by atoms with Crippen LogP contribution in [-0.2, 0) is 0 Å². The SMILES string of the molecule is CC1(C)CCCN(CCC2CCNCC2)C1. The molecule has 2 heterocycles. The van der Waals surface area contributed by atoms with Crippen molar-refractivity contribution < 1.29 is 0 Å². The molecule has 0 saturated carbocycles. The first-order valence-corrected chi connectivity index (χ1v) is 7.09. The number of rotatable bonds is 3. The molecule has 0 aromatic carbocycles. The third kappa shape index (κ3) is 3.74. The van der Waals surface area contributed by atoms with E-state index < -0.39 is 0 Å². The second-order valence-electron chi connectivity index (χ2n) is 6.53. The van der Waals surface area contributed by atoms with E-state index in [0.717, 1.165) is 5.92 Å². The van der Waals surface area contributed by atoms with Gasteiger partial charge in [0, 0.05) is 6.54 Å². The van der Waals surface area contributed by atoms with Crippen LogP contribution in [-0.4, -0.2) is 37.6 Å². The third-order valence-electron chi connectivity index (χ3n) is 4.29. The molecule has 2 aliphatic rings. The summed E-state index contributed by atoms with van der Waals surface area (Å²) < 4.78 is 0. The van der Waals surface area contributed by atoms with Crippen molar-refractivity contribution in [2.24, 2.45) is 11.3 Å². The third-order valence-corrected chi connectivity index (χ3v) is 4.29. The summed E-state index contributed by atoms with van der Waals surface area (Å²) in [6.45, 7) is 11.3. The Morgan fingerprint density at radius 1 is 1.25 bits per heavy atom. The molecule has 0 atom stereocenters. The Hall–Kier alpha value is -0.0800. The lowest BCUT2D eigenvalue weighted by Gasteiger charge is -2.38. The highest BCUT2D eigenvalue weighted by atomic mass is 15.1. The minimum atomic E-state index is 0.562. The highest BCUT2D eigenvalue weighted by molar-refractivity contribution is 4.80. The quantitative estimate of drug-likeness (QED) is 0.792. The van der Waals surface area contributed by atoms with Crippen molar-refractivity contribution >= 4 is 0 Å². The standard InChI is InChI=1S/C14H28N2/c1-14(2)7-3-10-16(12-14)11-6-13-4-8-15-9-5-13/h13,15H,3-12H2,1-2H3. The molecule has 1 N–H and O–H groups in total. The zero-order valence-corrected chi connectivity index (χ0v) is 11.1. The van der Waals surface area contributed by atoms with Gasteiger partial charge >= 0.3 is 0 Å². The van der Waals surface area contributed by atoms with Crippen molar-refractivity contribution in [3.63, 3.8) is 0 Å². The first-order valence-electron chi connectivity index (χ1n) is 7.09. The lowest BCUT2D eigenvalue weighted by Crippen LogP contribution is -2.41. The summed E-state index contributed by atoms with van der Waals surface area (Å²) in [6, 6.07) is 0. The maximum atomic E-state index is 3.45. The number of piperidine rings is 2. The van der Waals surface area contributed by atoms with Crippen LogP contribution in [0.1, 0.15) is 46.0 Å². The van der Waals surface area contributed by atoms with Crippen LogP contribution in [0.4, 0.5) is 0 Å². The molecule has 2 fully saturated rings. The summed E-state index contributed by atoms with van der Waals surface area (Å²) >= 11 is 0. The van der Waals surface area contributed by atoms with Crippen LogP contribution >= 0.6 is 0 Å². The summed E-state index contributed by atoms with van der Waals surface area (Å²) in [4.78, 5) is 2.70. The van der Waals surface area contributed by atoms with E-state index in [-0.39, 0.29) is 0 Å². The maximum Gasteiger partial charge on any atom is 0.00327 e. The van der Waals surface area contributed by atoms with E-state index in [1.54, 1.807) is 0 Å². The molecule has 0 aromatic heterocycles. The molecule has 0 bridgehead atoms. The van der Waals surface area contributed by atoms with Crippen molar-refractivity contribution in [1.29, 1.82) is 0 Å². The van der Waals surface area contributed by atoms with Crippen molar-refractivity contribution in [3.05, 3.63) is 0 Å². The van der Waals surface area contributed by atoms with E-state index in [1.165, 1.54) is 64.8 Å². The van der Waals surface area contributed by atoms with Crippen LogP contribution in [0, 0.1) is 11.3 Å². The predicted octanol–water partition coefficient (Wildman–Crippen LogP) is 2.50. The van der Waals surface area contributed by atoms with Gasteiger partial charge in [0.25, 0.3) is 0 Å². The number of hydrogen-bond acceptors (Lipinski definition) is 2. The average molecular weight is 224 g/mol. The van der Waals surface area contributed by atoms with Crippen molar-refractivity contribution in [1.82, 2.24) is 10.2 Å². The Balaban J connectivity index is 1.68. The molecule has 2 aliphatic heterocycles. The minimum absolute atomic E-state index is 0.562. The summed E-state index contributed by atoms with van der Waals surface area (Å²) in [5.74, 6) is 0.992.